The van der Waals surface area contributed by atoms with Gasteiger partial charge in [0.1, 0.15) is 5.75 Å². The van der Waals surface area contributed by atoms with Gasteiger partial charge in [-0.05, 0) is 47.9 Å². The smallest absolute Gasteiger partial charge is 0.258 e. The molecule has 0 bridgehead atoms. The lowest BCUT2D eigenvalue weighted by Crippen LogP contribution is -2.19. The summed E-state index contributed by atoms with van der Waals surface area (Å²) in [6.45, 7) is 0. The molecule has 1 aliphatic carbocycles. The molecule has 160 valence electrons. The second kappa shape index (κ2) is 8.19. The fourth-order valence-corrected chi connectivity index (χ4v) is 3.69. The summed E-state index contributed by atoms with van der Waals surface area (Å²) in [5, 5.41) is 14.8. The lowest BCUT2D eigenvalue weighted by atomic mass is 10.0. The third-order valence-electron chi connectivity index (χ3n) is 5.55. The number of carbonyl (C=O) groups is 2. The molecule has 0 atom stereocenters. The number of aromatic amines is 1. The molecule has 5 rings (SSSR count). The number of aromatic nitrogens is 2. The summed E-state index contributed by atoms with van der Waals surface area (Å²) in [5.41, 5.74) is 2.45. The second-order valence-electron chi connectivity index (χ2n) is 7.83. The molecule has 0 radical (unpaired) electrons. The highest BCUT2D eigenvalue weighted by atomic mass is 16.5. The van der Waals surface area contributed by atoms with E-state index in [0.717, 1.165) is 34.9 Å². The summed E-state index contributed by atoms with van der Waals surface area (Å²) in [6, 6.07) is 20.7. The van der Waals surface area contributed by atoms with Crippen molar-refractivity contribution in [1.29, 1.82) is 0 Å². The Kier molecular flexibility index (Phi) is 5.07. The van der Waals surface area contributed by atoms with Gasteiger partial charge in [0.25, 0.3) is 5.91 Å². The molecular weight excluding hydrogens is 404 g/mol. The topological polar surface area (TPSA) is 96.1 Å². The van der Waals surface area contributed by atoms with Crippen LogP contribution in [0.25, 0.3) is 22.0 Å². The van der Waals surface area contributed by atoms with Gasteiger partial charge < -0.3 is 15.4 Å². The second-order valence-corrected chi connectivity index (χ2v) is 7.83. The zero-order valence-electron chi connectivity index (χ0n) is 17.5. The number of hydrogen-bond acceptors (Lipinski definition) is 4. The van der Waals surface area contributed by atoms with Crippen LogP contribution in [0.5, 0.6) is 5.75 Å². The number of benzene rings is 3. The predicted molar refractivity (Wildman–Crippen MR) is 124 cm³/mol. The maximum absolute atomic E-state index is 13.2. The van der Waals surface area contributed by atoms with Crippen LogP contribution in [0.1, 0.15) is 23.2 Å². The lowest BCUT2D eigenvalue weighted by molar-refractivity contribution is -0.117. The van der Waals surface area contributed by atoms with E-state index in [1.165, 1.54) is 0 Å². The van der Waals surface area contributed by atoms with Gasteiger partial charge in [-0.3, -0.25) is 14.7 Å². The number of para-hydroxylation sites is 1. The number of hydrogen-bond donors (Lipinski definition) is 3. The van der Waals surface area contributed by atoms with E-state index in [9.17, 15) is 9.59 Å². The van der Waals surface area contributed by atoms with E-state index in [0.29, 0.717) is 22.8 Å². The first-order valence-electron chi connectivity index (χ1n) is 10.5. The Morgan fingerprint density at radius 1 is 0.969 bits per heavy atom. The molecule has 7 heteroatoms. The maximum Gasteiger partial charge on any atom is 0.258 e. The number of rotatable bonds is 6. The summed E-state index contributed by atoms with van der Waals surface area (Å²) in [5.74, 6) is 0.719. The molecule has 1 aliphatic rings. The Balaban J connectivity index is 1.44. The van der Waals surface area contributed by atoms with Crippen molar-refractivity contribution in [2.45, 2.75) is 12.8 Å². The maximum atomic E-state index is 13.2. The van der Waals surface area contributed by atoms with Crippen LogP contribution < -0.4 is 15.4 Å². The van der Waals surface area contributed by atoms with Crippen LogP contribution in [0.4, 0.5) is 11.5 Å². The highest BCUT2D eigenvalue weighted by Crippen LogP contribution is 2.33. The highest BCUT2D eigenvalue weighted by molar-refractivity contribution is 6.13. The van der Waals surface area contributed by atoms with Crippen LogP contribution in [0.15, 0.2) is 66.7 Å². The molecule has 1 heterocycles. The molecule has 4 aromatic rings. The largest absolute Gasteiger partial charge is 0.496 e. The molecule has 7 nitrogen and oxygen atoms in total. The fourth-order valence-electron chi connectivity index (χ4n) is 3.69. The molecule has 1 aromatic heterocycles. The molecule has 0 aliphatic heterocycles. The zero-order chi connectivity index (χ0) is 22.1. The third-order valence-corrected chi connectivity index (χ3v) is 5.55. The fraction of sp³-hybridized carbons (Fsp3) is 0.160. The van der Waals surface area contributed by atoms with E-state index in [1.807, 2.05) is 54.6 Å². The first-order valence-corrected chi connectivity index (χ1v) is 10.5. The van der Waals surface area contributed by atoms with Crippen LogP contribution in [-0.2, 0) is 4.79 Å². The van der Waals surface area contributed by atoms with Crippen molar-refractivity contribution >= 4 is 34.1 Å². The van der Waals surface area contributed by atoms with E-state index in [2.05, 4.69) is 20.8 Å². The molecular formula is C25H22N4O3. The molecule has 2 amide bonds. The molecule has 1 fully saturated rings. The number of methoxy groups -OCH3 is 1. The number of anilines is 2. The third kappa shape index (κ3) is 3.92. The van der Waals surface area contributed by atoms with Crippen molar-refractivity contribution in [3.8, 4) is 17.0 Å². The van der Waals surface area contributed by atoms with Gasteiger partial charge in [0.15, 0.2) is 5.82 Å². The molecule has 0 spiro atoms. The Morgan fingerprint density at radius 3 is 2.44 bits per heavy atom. The number of ether oxygens (including phenoxy) is 1. The predicted octanol–water partition coefficient (Wildman–Crippen LogP) is 4.84. The van der Waals surface area contributed by atoms with Gasteiger partial charge in [-0.2, -0.15) is 5.10 Å². The quantitative estimate of drug-likeness (QED) is 0.411. The SMILES string of the molecule is COc1ccccc1-c1cc(NC(=O)c2cc3ccccc3cc2NC(=O)C2CC2)n[nH]1. The number of carbonyl (C=O) groups excluding carboxylic acids is 2. The molecule has 3 aromatic carbocycles. The van der Waals surface area contributed by atoms with E-state index < -0.39 is 0 Å². The molecule has 32 heavy (non-hydrogen) atoms. The number of H-pyrrole nitrogens is 1. The normalized spacial score (nSPS) is 13.0. The van der Waals surface area contributed by atoms with Gasteiger partial charge in [-0.1, -0.05) is 36.4 Å². The first-order chi connectivity index (χ1) is 15.6. The van der Waals surface area contributed by atoms with Crippen LogP contribution >= 0.6 is 0 Å². The van der Waals surface area contributed by atoms with Gasteiger partial charge in [0, 0.05) is 17.5 Å². The van der Waals surface area contributed by atoms with Crippen molar-refractivity contribution in [2.24, 2.45) is 5.92 Å². The van der Waals surface area contributed by atoms with E-state index >= 15 is 0 Å². The van der Waals surface area contributed by atoms with E-state index in [-0.39, 0.29) is 17.7 Å². The lowest BCUT2D eigenvalue weighted by Gasteiger charge is -2.12. The average Bonchev–Trinajstić information content (AvgIpc) is 3.58. The number of nitrogens with zero attached hydrogens (tertiary/aromatic N) is 1. The summed E-state index contributed by atoms with van der Waals surface area (Å²) in [4.78, 5) is 25.6. The summed E-state index contributed by atoms with van der Waals surface area (Å²) in [7, 11) is 1.61. The van der Waals surface area contributed by atoms with Gasteiger partial charge >= 0.3 is 0 Å². The minimum absolute atomic E-state index is 0.0344. The summed E-state index contributed by atoms with van der Waals surface area (Å²) in [6.07, 6.45) is 1.78. The number of nitrogens with one attached hydrogen (secondary N) is 3. The Labute approximate surface area is 184 Å². The van der Waals surface area contributed by atoms with E-state index in [4.69, 9.17) is 4.74 Å². The van der Waals surface area contributed by atoms with Crippen LogP contribution in [0.2, 0.25) is 0 Å². The minimum atomic E-state index is -0.347. The summed E-state index contributed by atoms with van der Waals surface area (Å²) < 4.78 is 5.40. The highest BCUT2D eigenvalue weighted by Gasteiger charge is 2.30. The molecule has 3 N–H and O–H groups in total. The first kappa shape index (κ1) is 19.8. The monoisotopic (exact) mass is 426 g/mol. The van der Waals surface area contributed by atoms with Crippen molar-refractivity contribution < 1.29 is 14.3 Å². The standard InChI is InChI=1S/C25H22N4O3/c1-32-22-9-5-4-8-18(22)21-14-23(29-28-21)27-25(31)19-12-16-6-2-3-7-17(16)13-20(19)26-24(30)15-10-11-15/h2-9,12-15H,10-11H2,1H3,(H,26,30)(H2,27,28,29,31). The van der Waals surface area contributed by atoms with E-state index in [1.54, 1.807) is 19.2 Å². The molecule has 1 saturated carbocycles. The van der Waals surface area contributed by atoms with Crippen molar-refractivity contribution in [2.75, 3.05) is 17.7 Å². The zero-order valence-corrected chi connectivity index (χ0v) is 17.5. The number of fused-ring (bicyclic) bond motifs is 1. The average molecular weight is 426 g/mol. The number of amides is 2. The van der Waals surface area contributed by atoms with Gasteiger partial charge in [-0.15, -0.1) is 0 Å². The molecule has 0 saturated heterocycles. The Hall–Kier alpha value is -4.13. The molecule has 0 unspecified atom stereocenters. The van der Waals surface area contributed by atoms with Crippen molar-refractivity contribution in [1.82, 2.24) is 10.2 Å². The Bertz CT molecular complexity index is 1320. The minimum Gasteiger partial charge on any atom is -0.496 e. The van der Waals surface area contributed by atoms with Crippen molar-refractivity contribution in [3.63, 3.8) is 0 Å². The van der Waals surface area contributed by atoms with Crippen LogP contribution in [0, 0.1) is 5.92 Å². The van der Waals surface area contributed by atoms with Crippen molar-refractivity contribution in [3.05, 3.63) is 72.3 Å². The van der Waals surface area contributed by atoms with Gasteiger partial charge in [0.05, 0.1) is 24.1 Å². The Morgan fingerprint density at radius 2 is 1.69 bits per heavy atom. The van der Waals surface area contributed by atoms with Gasteiger partial charge in [-0.25, -0.2) is 0 Å². The van der Waals surface area contributed by atoms with Crippen LogP contribution in [0.3, 0.4) is 0 Å². The summed E-state index contributed by atoms with van der Waals surface area (Å²) >= 11 is 0. The van der Waals surface area contributed by atoms with Gasteiger partial charge in [0.2, 0.25) is 5.91 Å². The van der Waals surface area contributed by atoms with Crippen LogP contribution in [-0.4, -0.2) is 29.1 Å².